The first-order valence-corrected chi connectivity index (χ1v) is 8.12. The van der Waals surface area contributed by atoms with Crippen molar-refractivity contribution >= 4 is 17.5 Å². The quantitative estimate of drug-likeness (QED) is 0.895. The lowest BCUT2D eigenvalue weighted by molar-refractivity contribution is -0.139. The molecule has 1 saturated carbocycles. The molecule has 0 radical (unpaired) electrons. The zero-order valence-electron chi connectivity index (χ0n) is 12.9. The van der Waals surface area contributed by atoms with Crippen LogP contribution in [-0.4, -0.2) is 29.8 Å². The zero-order valence-corrected chi connectivity index (χ0v) is 13.6. The van der Waals surface area contributed by atoms with Crippen LogP contribution in [0.5, 0.6) is 0 Å². The maximum atomic E-state index is 12.2. The molecule has 3 rings (SSSR count). The van der Waals surface area contributed by atoms with Crippen molar-refractivity contribution in [1.82, 2.24) is 5.32 Å². The van der Waals surface area contributed by atoms with Gasteiger partial charge in [0.1, 0.15) is 0 Å². The number of halogens is 1. The van der Waals surface area contributed by atoms with Crippen molar-refractivity contribution in [1.29, 1.82) is 0 Å². The molecule has 120 valence electrons. The molecule has 4 nitrogen and oxygen atoms in total. The fourth-order valence-corrected chi connectivity index (χ4v) is 3.95. The second-order valence-electron chi connectivity index (χ2n) is 6.88. The van der Waals surface area contributed by atoms with Crippen LogP contribution < -0.4 is 5.32 Å². The van der Waals surface area contributed by atoms with E-state index in [1.807, 2.05) is 0 Å². The van der Waals surface area contributed by atoms with Crippen molar-refractivity contribution in [3.63, 3.8) is 0 Å². The SMILES string of the molecule is CC1(C)C(NC(=O)CC(O)c2ccc(Cl)cc2)C2CCOC21. The van der Waals surface area contributed by atoms with Gasteiger partial charge in [-0.2, -0.15) is 0 Å². The molecular formula is C17H22ClNO3. The highest BCUT2D eigenvalue weighted by atomic mass is 35.5. The van der Waals surface area contributed by atoms with Gasteiger partial charge in [0, 0.05) is 29.0 Å². The molecule has 1 aromatic rings. The molecule has 22 heavy (non-hydrogen) atoms. The summed E-state index contributed by atoms with van der Waals surface area (Å²) in [6.07, 6.45) is 0.501. The molecule has 5 heteroatoms. The first-order chi connectivity index (χ1) is 10.4. The normalized spacial score (nSPS) is 30.3. The van der Waals surface area contributed by atoms with E-state index >= 15 is 0 Å². The van der Waals surface area contributed by atoms with Gasteiger partial charge in [-0.05, 0) is 24.1 Å². The monoisotopic (exact) mass is 323 g/mol. The third-order valence-corrected chi connectivity index (χ3v) is 5.30. The van der Waals surface area contributed by atoms with E-state index in [1.165, 1.54) is 0 Å². The van der Waals surface area contributed by atoms with Gasteiger partial charge >= 0.3 is 0 Å². The average molecular weight is 324 g/mol. The number of rotatable bonds is 4. The van der Waals surface area contributed by atoms with Crippen LogP contribution in [0.3, 0.4) is 0 Å². The van der Waals surface area contributed by atoms with Gasteiger partial charge in [0.15, 0.2) is 0 Å². The molecule has 0 spiro atoms. The predicted molar refractivity (Wildman–Crippen MR) is 84.6 cm³/mol. The number of carbonyl (C=O) groups is 1. The second kappa shape index (κ2) is 5.84. The number of hydrogen-bond donors (Lipinski definition) is 2. The number of nitrogens with one attached hydrogen (secondary N) is 1. The summed E-state index contributed by atoms with van der Waals surface area (Å²) in [5.41, 5.74) is 0.664. The molecule has 0 bridgehead atoms. The highest BCUT2D eigenvalue weighted by molar-refractivity contribution is 6.30. The fraction of sp³-hybridized carbons (Fsp3) is 0.588. The van der Waals surface area contributed by atoms with Crippen LogP contribution in [0.25, 0.3) is 0 Å². The van der Waals surface area contributed by atoms with E-state index in [2.05, 4.69) is 19.2 Å². The van der Waals surface area contributed by atoms with Crippen LogP contribution in [0, 0.1) is 11.3 Å². The highest BCUT2D eigenvalue weighted by Crippen LogP contribution is 2.52. The van der Waals surface area contributed by atoms with Crippen molar-refractivity contribution < 1.29 is 14.6 Å². The van der Waals surface area contributed by atoms with Crippen molar-refractivity contribution in [2.45, 2.75) is 44.9 Å². The number of aliphatic hydroxyl groups is 1. The number of fused-ring (bicyclic) bond motifs is 1. The third-order valence-electron chi connectivity index (χ3n) is 5.05. The third kappa shape index (κ3) is 2.75. The Morgan fingerprint density at radius 1 is 1.45 bits per heavy atom. The van der Waals surface area contributed by atoms with Crippen LogP contribution in [0.1, 0.15) is 38.4 Å². The van der Waals surface area contributed by atoms with Crippen LogP contribution in [0.2, 0.25) is 5.02 Å². The minimum absolute atomic E-state index is 0.0396. The Hall–Kier alpha value is -1.10. The van der Waals surface area contributed by atoms with E-state index in [-0.39, 0.29) is 29.9 Å². The van der Waals surface area contributed by atoms with Gasteiger partial charge in [-0.25, -0.2) is 0 Å². The van der Waals surface area contributed by atoms with Gasteiger partial charge in [-0.3, -0.25) is 4.79 Å². The summed E-state index contributed by atoms with van der Waals surface area (Å²) in [5, 5.41) is 13.9. The van der Waals surface area contributed by atoms with Gasteiger partial charge in [0.05, 0.1) is 18.6 Å². The average Bonchev–Trinajstić information content (AvgIpc) is 2.92. The molecule has 1 heterocycles. The van der Waals surface area contributed by atoms with Crippen molar-refractivity contribution in [3.8, 4) is 0 Å². The summed E-state index contributed by atoms with van der Waals surface area (Å²) in [6.45, 7) is 5.03. The number of hydrogen-bond acceptors (Lipinski definition) is 3. The summed E-state index contributed by atoms with van der Waals surface area (Å²) in [5.74, 6) is 0.289. The number of aliphatic hydroxyl groups excluding tert-OH is 1. The van der Waals surface area contributed by atoms with E-state index in [4.69, 9.17) is 16.3 Å². The zero-order chi connectivity index (χ0) is 15.9. The summed E-state index contributed by atoms with van der Waals surface area (Å²) >= 11 is 5.83. The fourth-order valence-electron chi connectivity index (χ4n) is 3.83. The van der Waals surface area contributed by atoms with Gasteiger partial charge in [0.2, 0.25) is 5.91 Å². The molecule has 1 aromatic carbocycles. The number of ether oxygens (including phenoxy) is 1. The molecule has 2 aliphatic rings. The number of amides is 1. The Kier molecular flexibility index (Phi) is 4.19. The maximum Gasteiger partial charge on any atom is 0.223 e. The lowest BCUT2D eigenvalue weighted by Crippen LogP contribution is -2.66. The first kappa shape index (κ1) is 15.8. The Bertz CT molecular complexity index is 558. The summed E-state index contributed by atoms with van der Waals surface area (Å²) in [6, 6.07) is 7.05. The molecule has 4 atom stereocenters. The largest absolute Gasteiger partial charge is 0.388 e. The molecule has 1 aliphatic heterocycles. The summed E-state index contributed by atoms with van der Waals surface area (Å²) in [4.78, 5) is 12.2. The van der Waals surface area contributed by atoms with E-state index in [9.17, 15) is 9.90 Å². The van der Waals surface area contributed by atoms with Gasteiger partial charge in [0.25, 0.3) is 0 Å². The molecule has 2 N–H and O–H groups in total. The second-order valence-corrected chi connectivity index (χ2v) is 7.32. The van der Waals surface area contributed by atoms with Crippen LogP contribution in [-0.2, 0) is 9.53 Å². The van der Waals surface area contributed by atoms with E-state index in [0.717, 1.165) is 13.0 Å². The lowest BCUT2D eigenvalue weighted by atomic mass is 9.57. The summed E-state index contributed by atoms with van der Waals surface area (Å²) in [7, 11) is 0. The minimum atomic E-state index is -0.809. The Labute approximate surface area is 135 Å². The van der Waals surface area contributed by atoms with Crippen molar-refractivity contribution in [2.75, 3.05) is 6.61 Å². The first-order valence-electron chi connectivity index (χ1n) is 7.74. The maximum absolute atomic E-state index is 12.2. The minimum Gasteiger partial charge on any atom is -0.388 e. The standard InChI is InChI=1S/C17H22ClNO3/c1-17(2)15(12-7-8-22-16(12)17)19-14(21)9-13(20)10-3-5-11(18)6-4-10/h3-6,12-13,15-16,20H,7-9H2,1-2H3,(H,19,21). The highest BCUT2D eigenvalue weighted by Gasteiger charge is 2.59. The molecule has 0 aromatic heterocycles. The molecule has 1 amide bonds. The van der Waals surface area contributed by atoms with E-state index in [0.29, 0.717) is 16.5 Å². The van der Waals surface area contributed by atoms with E-state index < -0.39 is 6.10 Å². The molecule has 1 aliphatic carbocycles. The van der Waals surface area contributed by atoms with Gasteiger partial charge in [-0.15, -0.1) is 0 Å². The van der Waals surface area contributed by atoms with Crippen molar-refractivity contribution in [3.05, 3.63) is 34.9 Å². The van der Waals surface area contributed by atoms with Crippen LogP contribution in [0.4, 0.5) is 0 Å². The molecule has 2 fully saturated rings. The Morgan fingerprint density at radius 3 is 2.82 bits per heavy atom. The smallest absolute Gasteiger partial charge is 0.223 e. The number of benzene rings is 1. The number of carbonyl (C=O) groups excluding carboxylic acids is 1. The molecular weight excluding hydrogens is 302 g/mol. The molecule has 1 saturated heterocycles. The Balaban J connectivity index is 1.57. The lowest BCUT2D eigenvalue weighted by Gasteiger charge is -2.54. The van der Waals surface area contributed by atoms with Crippen LogP contribution >= 0.6 is 11.6 Å². The molecule has 4 unspecified atom stereocenters. The van der Waals surface area contributed by atoms with Crippen LogP contribution in [0.15, 0.2) is 24.3 Å². The van der Waals surface area contributed by atoms with Gasteiger partial charge < -0.3 is 15.2 Å². The summed E-state index contributed by atoms with van der Waals surface area (Å²) < 4.78 is 5.73. The van der Waals surface area contributed by atoms with E-state index in [1.54, 1.807) is 24.3 Å². The van der Waals surface area contributed by atoms with Gasteiger partial charge in [-0.1, -0.05) is 37.6 Å². The Morgan fingerprint density at radius 2 is 2.14 bits per heavy atom. The van der Waals surface area contributed by atoms with Crippen molar-refractivity contribution in [2.24, 2.45) is 11.3 Å². The topological polar surface area (TPSA) is 58.6 Å². The predicted octanol–water partition coefficient (Wildman–Crippen LogP) is 2.69.